The maximum absolute atomic E-state index is 5.64. The minimum absolute atomic E-state index is 0.608. The van der Waals surface area contributed by atoms with Gasteiger partial charge in [-0.1, -0.05) is 18.2 Å². The first-order chi connectivity index (χ1) is 9.38. The van der Waals surface area contributed by atoms with Gasteiger partial charge in [0.2, 0.25) is 5.13 Å². The number of nitrogens with zero attached hydrogens (tertiary/aromatic N) is 3. The quantitative estimate of drug-likeness (QED) is 0.880. The Balaban J connectivity index is 1.84. The van der Waals surface area contributed by atoms with Crippen LogP contribution in [0.1, 0.15) is 31.0 Å². The fourth-order valence-electron chi connectivity index (χ4n) is 2.04. The molecule has 0 unspecified atom stereocenters. The molecule has 0 atom stereocenters. The summed E-state index contributed by atoms with van der Waals surface area (Å²) in [5.41, 5.74) is 6.80. The molecule has 4 nitrogen and oxygen atoms in total. The van der Waals surface area contributed by atoms with Gasteiger partial charge >= 0.3 is 0 Å². The van der Waals surface area contributed by atoms with Crippen LogP contribution in [0.4, 0.5) is 10.8 Å². The summed E-state index contributed by atoms with van der Waals surface area (Å²) in [5.74, 6) is 1.63. The number of anilines is 2. The Kier molecular flexibility index (Phi) is 3.75. The lowest BCUT2D eigenvalue weighted by atomic mass is 10.3. The van der Waals surface area contributed by atoms with Crippen LogP contribution in [0.2, 0.25) is 0 Å². The number of nitrogens with two attached hydrogens (primary N) is 1. The van der Waals surface area contributed by atoms with Crippen molar-refractivity contribution in [2.75, 3.05) is 18.0 Å². The van der Waals surface area contributed by atoms with Crippen molar-refractivity contribution in [2.24, 2.45) is 5.73 Å². The highest BCUT2D eigenvalue weighted by molar-refractivity contribution is 7.09. The molecule has 0 spiro atoms. The Morgan fingerprint density at radius 3 is 2.74 bits per heavy atom. The highest BCUT2D eigenvalue weighted by Crippen LogP contribution is 2.40. The zero-order valence-electron chi connectivity index (χ0n) is 10.8. The second kappa shape index (κ2) is 5.67. The summed E-state index contributed by atoms with van der Waals surface area (Å²) in [7, 11) is 0. The van der Waals surface area contributed by atoms with Crippen LogP contribution in [0.5, 0.6) is 0 Å². The van der Waals surface area contributed by atoms with E-state index in [4.69, 9.17) is 10.7 Å². The van der Waals surface area contributed by atoms with Gasteiger partial charge in [0, 0.05) is 29.7 Å². The lowest BCUT2D eigenvalue weighted by molar-refractivity contribution is 0.813. The molecule has 1 aromatic heterocycles. The van der Waals surface area contributed by atoms with Gasteiger partial charge in [0.15, 0.2) is 0 Å². The lowest BCUT2D eigenvalue weighted by Gasteiger charge is -2.21. The van der Waals surface area contributed by atoms with Crippen LogP contribution in [-0.2, 0) is 0 Å². The van der Waals surface area contributed by atoms with E-state index >= 15 is 0 Å². The molecule has 1 aliphatic carbocycles. The zero-order chi connectivity index (χ0) is 13.1. The van der Waals surface area contributed by atoms with Crippen LogP contribution in [0, 0.1) is 0 Å². The number of benzene rings is 1. The second-order valence-electron chi connectivity index (χ2n) is 4.84. The van der Waals surface area contributed by atoms with Crippen LogP contribution in [-0.4, -0.2) is 22.4 Å². The molecular weight excluding hydrogens is 256 g/mol. The van der Waals surface area contributed by atoms with E-state index in [1.54, 1.807) is 0 Å². The van der Waals surface area contributed by atoms with Gasteiger partial charge < -0.3 is 10.6 Å². The number of para-hydroxylation sites is 1. The first-order valence-corrected chi connectivity index (χ1v) is 7.52. The predicted octanol–water partition coefficient (Wildman–Crippen LogP) is 2.90. The molecule has 1 aromatic carbocycles. The smallest absolute Gasteiger partial charge is 0.209 e. The summed E-state index contributed by atoms with van der Waals surface area (Å²) >= 11 is 1.50. The molecule has 19 heavy (non-hydrogen) atoms. The molecule has 0 saturated heterocycles. The molecule has 0 radical (unpaired) electrons. The van der Waals surface area contributed by atoms with Crippen molar-refractivity contribution in [3.63, 3.8) is 0 Å². The normalized spacial score (nSPS) is 14.6. The molecular formula is C14H18N4S. The van der Waals surface area contributed by atoms with Crippen molar-refractivity contribution in [2.45, 2.75) is 25.2 Å². The van der Waals surface area contributed by atoms with Gasteiger partial charge in [0.1, 0.15) is 5.82 Å². The van der Waals surface area contributed by atoms with Crippen molar-refractivity contribution in [3.05, 3.63) is 36.2 Å². The summed E-state index contributed by atoms with van der Waals surface area (Å²) < 4.78 is 4.49. The van der Waals surface area contributed by atoms with E-state index in [-0.39, 0.29) is 0 Å². The summed E-state index contributed by atoms with van der Waals surface area (Å²) in [6.07, 6.45) is 3.43. The third kappa shape index (κ3) is 2.93. The molecule has 0 bridgehead atoms. The third-order valence-corrected chi connectivity index (χ3v) is 4.01. The summed E-state index contributed by atoms with van der Waals surface area (Å²) in [6, 6.07) is 10.3. The van der Waals surface area contributed by atoms with Crippen molar-refractivity contribution in [1.82, 2.24) is 9.36 Å². The van der Waals surface area contributed by atoms with Gasteiger partial charge in [-0.25, -0.2) is 4.98 Å². The summed E-state index contributed by atoms with van der Waals surface area (Å²) in [6.45, 7) is 1.58. The molecule has 0 aliphatic heterocycles. The van der Waals surface area contributed by atoms with Crippen molar-refractivity contribution in [3.8, 4) is 0 Å². The largest absolute Gasteiger partial charge is 0.330 e. The molecule has 1 fully saturated rings. The summed E-state index contributed by atoms with van der Waals surface area (Å²) in [4.78, 5) is 6.91. The van der Waals surface area contributed by atoms with E-state index in [0.29, 0.717) is 12.5 Å². The predicted molar refractivity (Wildman–Crippen MR) is 79.0 cm³/mol. The fraction of sp³-hybridized carbons (Fsp3) is 0.429. The zero-order valence-corrected chi connectivity index (χ0v) is 11.6. The first kappa shape index (κ1) is 12.6. The van der Waals surface area contributed by atoms with E-state index in [2.05, 4.69) is 21.4 Å². The average Bonchev–Trinajstić information content (AvgIpc) is 3.20. The Morgan fingerprint density at radius 1 is 1.26 bits per heavy atom. The minimum atomic E-state index is 0.608. The molecule has 2 aromatic rings. The topological polar surface area (TPSA) is 55.0 Å². The van der Waals surface area contributed by atoms with Crippen molar-refractivity contribution >= 4 is 22.4 Å². The van der Waals surface area contributed by atoms with Gasteiger partial charge in [-0.3, -0.25) is 0 Å². The molecule has 1 aliphatic rings. The molecule has 0 amide bonds. The number of hydrogen-bond acceptors (Lipinski definition) is 5. The Hall–Kier alpha value is -1.46. The lowest BCUT2D eigenvalue weighted by Crippen LogP contribution is -2.20. The molecule has 1 saturated carbocycles. The Morgan fingerprint density at radius 2 is 2.05 bits per heavy atom. The minimum Gasteiger partial charge on any atom is -0.330 e. The highest BCUT2D eigenvalue weighted by Gasteiger charge is 2.28. The van der Waals surface area contributed by atoms with E-state index in [1.807, 2.05) is 18.2 Å². The van der Waals surface area contributed by atoms with Gasteiger partial charge in [-0.05, 0) is 37.9 Å². The van der Waals surface area contributed by atoms with Crippen molar-refractivity contribution in [1.29, 1.82) is 0 Å². The van der Waals surface area contributed by atoms with Crippen LogP contribution >= 0.6 is 11.5 Å². The SMILES string of the molecule is NCCCN(c1ccccc1)c1nc(C2CC2)ns1. The van der Waals surface area contributed by atoms with Gasteiger partial charge in [-0.2, -0.15) is 4.37 Å². The standard InChI is InChI=1S/C14H18N4S/c15-9-4-10-18(12-5-2-1-3-6-12)14-16-13(17-19-14)11-7-8-11/h1-3,5-6,11H,4,7-10,15H2. The Labute approximate surface area is 117 Å². The first-order valence-electron chi connectivity index (χ1n) is 6.75. The monoisotopic (exact) mass is 274 g/mol. The maximum atomic E-state index is 5.64. The van der Waals surface area contributed by atoms with Crippen LogP contribution in [0.3, 0.4) is 0 Å². The number of rotatable bonds is 6. The number of hydrogen-bond donors (Lipinski definition) is 1. The molecule has 5 heteroatoms. The van der Waals surface area contributed by atoms with Crippen LogP contribution in [0.15, 0.2) is 30.3 Å². The van der Waals surface area contributed by atoms with E-state index < -0.39 is 0 Å². The molecule has 1 heterocycles. The van der Waals surface area contributed by atoms with E-state index in [9.17, 15) is 0 Å². The van der Waals surface area contributed by atoms with E-state index in [0.717, 1.165) is 29.6 Å². The fourth-order valence-corrected chi connectivity index (χ4v) is 2.83. The van der Waals surface area contributed by atoms with Crippen LogP contribution < -0.4 is 10.6 Å². The maximum Gasteiger partial charge on any atom is 0.209 e. The number of aromatic nitrogens is 2. The van der Waals surface area contributed by atoms with E-state index in [1.165, 1.54) is 24.4 Å². The average molecular weight is 274 g/mol. The molecule has 100 valence electrons. The third-order valence-electron chi connectivity index (χ3n) is 3.26. The second-order valence-corrected chi connectivity index (χ2v) is 5.57. The molecule has 2 N–H and O–H groups in total. The Bertz CT molecular complexity index is 521. The van der Waals surface area contributed by atoms with Gasteiger partial charge in [-0.15, -0.1) is 0 Å². The molecule has 3 rings (SSSR count). The van der Waals surface area contributed by atoms with Gasteiger partial charge in [0.25, 0.3) is 0 Å². The van der Waals surface area contributed by atoms with Crippen molar-refractivity contribution < 1.29 is 0 Å². The van der Waals surface area contributed by atoms with Crippen LogP contribution in [0.25, 0.3) is 0 Å². The highest BCUT2D eigenvalue weighted by atomic mass is 32.1. The summed E-state index contributed by atoms with van der Waals surface area (Å²) in [5, 5.41) is 0.988. The van der Waals surface area contributed by atoms with Gasteiger partial charge in [0.05, 0.1) is 0 Å².